The number of nitrogens with zero attached hydrogens (tertiary/aromatic N) is 1. The van der Waals surface area contributed by atoms with Crippen LogP contribution in [0.2, 0.25) is 0 Å². The average Bonchev–Trinajstić information content (AvgIpc) is 2.33. The van der Waals surface area contributed by atoms with E-state index in [0.717, 1.165) is 11.4 Å². The molecule has 1 aromatic rings. The maximum atomic E-state index is 11.8. The van der Waals surface area contributed by atoms with Gasteiger partial charge >= 0.3 is 0 Å². The molecule has 0 spiro atoms. The van der Waals surface area contributed by atoms with Crippen molar-refractivity contribution in [3.05, 3.63) is 24.0 Å². The third-order valence-electron chi connectivity index (χ3n) is 2.50. The van der Waals surface area contributed by atoms with Gasteiger partial charge in [0.15, 0.2) is 0 Å². The second-order valence-corrected chi connectivity index (χ2v) is 3.71. The van der Waals surface area contributed by atoms with Crippen molar-refractivity contribution in [3.63, 3.8) is 0 Å². The summed E-state index contributed by atoms with van der Waals surface area (Å²) in [4.78, 5) is 15.9. The van der Waals surface area contributed by atoms with Crippen LogP contribution in [0.5, 0.6) is 0 Å². The minimum atomic E-state index is -0.270. The highest BCUT2D eigenvalue weighted by Crippen LogP contribution is 2.10. The van der Waals surface area contributed by atoms with E-state index in [4.69, 9.17) is 4.74 Å². The first-order valence-electron chi connectivity index (χ1n) is 5.31. The largest absolute Gasteiger partial charge is 0.378 e. The number of halogens is 2. The maximum Gasteiger partial charge on any atom is 0.243 e. The van der Waals surface area contributed by atoms with Crippen molar-refractivity contribution in [1.29, 1.82) is 0 Å². The van der Waals surface area contributed by atoms with E-state index in [1.807, 2.05) is 13.0 Å². The molecule has 0 radical (unpaired) electrons. The normalized spacial score (nSPS) is 18.2. The van der Waals surface area contributed by atoms with Crippen LogP contribution in [0.25, 0.3) is 0 Å². The third-order valence-corrected chi connectivity index (χ3v) is 2.50. The Balaban J connectivity index is 0.00000144. The van der Waals surface area contributed by atoms with Crippen LogP contribution in [0.1, 0.15) is 5.69 Å². The Labute approximate surface area is 119 Å². The van der Waals surface area contributed by atoms with Crippen LogP contribution in [0, 0.1) is 6.92 Å². The SMILES string of the molecule is Cc1ncccc1NC(=O)C1COCCN1.Cl.Cl. The third kappa shape index (κ3) is 4.42. The van der Waals surface area contributed by atoms with Crippen LogP contribution in [0.15, 0.2) is 18.3 Å². The quantitative estimate of drug-likeness (QED) is 0.859. The van der Waals surface area contributed by atoms with Gasteiger partial charge in [0.1, 0.15) is 6.04 Å². The summed E-state index contributed by atoms with van der Waals surface area (Å²) in [6, 6.07) is 3.37. The van der Waals surface area contributed by atoms with Gasteiger partial charge in [-0.2, -0.15) is 0 Å². The van der Waals surface area contributed by atoms with Gasteiger partial charge in [0.2, 0.25) is 5.91 Å². The first-order chi connectivity index (χ1) is 7.77. The number of carbonyl (C=O) groups is 1. The van der Waals surface area contributed by atoms with Gasteiger partial charge in [-0.3, -0.25) is 9.78 Å². The molecule has 1 aromatic heterocycles. The van der Waals surface area contributed by atoms with E-state index in [2.05, 4.69) is 15.6 Å². The number of anilines is 1. The summed E-state index contributed by atoms with van der Waals surface area (Å²) in [6.45, 7) is 3.66. The predicted molar refractivity (Wildman–Crippen MR) is 74.7 cm³/mol. The van der Waals surface area contributed by atoms with E-state index in [9.17, 15) is 4.79 Å². The van der Waals surface area contributed by atoms with Gasteiger partial charge in [-0.15, -0.1) is 24.8 Å². The Bertz CT molecular complexity index is 384. The molecule has 2 N–H and O–H groups in total. The highest BCUT2D eigenvalue weighted by Gasteiger charge is 2.21. The molecule has 18 heavy (non-hydrogen) atoms. The zero-order valence-electron chi connectivity index (χ0n) is 10.0. The van der Waals surface area contributed by atoms with Crippen molar-refractivity contribution in [2.75, 3.05) is 25.1 Å². The van der Waals surface area contributed by atoms with E-state index in [-0.39, 0.29) is 36.8 Å². The molecule has 102 valence electrons. The first kappa shape index (κ1) is 17.1. The molecule has 1 amide bonds. The summed E-state index contributed by atoms with van der Waals surface area (Å²) >= 11 is 0. The van der Waals surface area contributed by atoms with Gasteiger partial charge in [-0.25, -0.2) is 0 Å². The summed E-state index contributed by atoms with van der Waals surface area (Å²) in [5.41, 5.74) is 1.56. The number of ether oxygens (including phenoxy) is 1. The van der Waals surface area contributed by atoms with Crippen molar-refractivity contribution in [3.8, 4) is 0 Å². The second kappa shape index (κ2) is 8.26. The Morgan fingerprint density at radius 3 is 2.94 bits per heavy atom. The monoisotopic (exact) mass is 293 g/mol. The smallest absolute Gasteiger partial charge is 0.243 e. The van der Waals surface area contributed by atoms with E-state index in [0.29, 0.717) is 19.8 Å². The van der Waals surface area contributed by atoms with Crippen LogP contribution in [-0.4, -0.2) is 36.7 Å². The van der Waals surface area contributed by atoms with Crippen LogP contribution in [0.4, 0.5) is 5.69 Å². The van der Waals surface area contributed by atoms with Crippen molar-refractivity contribution < 1.29 is 9.53 Å². The summed E-state index contributed by atoms with van der Waals surface area (Å²) < 4.78 is 5.23. The lowest BCUT2D eigenvalue weighted by atomic mass is 10.2. The maximum absolute atomic E-state index is 11.8. The Morgan fingerprint density at radius 2 is 2.33 bits per heavy atom. The average molecular weight is 294 g/mol. The van der Waals surface area contributed by atoms with E-state index >= 15 is 0 Å². The summed E-state index contributed by atoms with van der Waals surface area (Å²) in [6.07, 6.45) is 1.70. The molecule has 1 fully saturated rings. The Hall–Kier alpha value is -0.880. The van der Waals surface area contributed by atoms with Gasteiger partial charge < -0.3 is 15.4 Å². The number of hydrogen-bond acceptors (Lipinski definition) is 4. The van der Waals surface area contributed by atoms with Gasteiger partial charge in [-0.1, -0.05) is 0 Å². The molecule has 0 bridgehead atoms. The second-order valence-electron chi connectivity index (χ2n) is 3.71. The fourth-order valence-electron chi connectivity index (χ4n) is 1.57. The molecule has 1 unspecified atom stereocenters. The van der Waals surface area contributed by atoms with Crippen molar-refractivity contribution in [1.82, 2.24) is 10.3 Å². The highest BCUT2D eigenvalue weighted by atomic mass is 35.5. The minimum absolute atomic E-state index is 0. The molecule has 0 aromatic carbocycles. The number of aryl methyl sites for hydroxylation is 1. The van der Waals surface area contributed by atoms with E-state index < -0.39 is 0 Å². The number of rotatable bonds is 2. The van der Waals surface area contributed by atoms with Gasteiger partial charge in [0.05, 0.1) is 24.6 Å². The van der Waals surface area contributed by atoms with E-state index in [1.54, 1.807) is 12.3 Å². The fraction of sp³-hybridized carbons (Fsp3) is 0.455. The van der Waals surface area contributed by atoms with Crippen LogP contribution in [0.3, 0.4) is 0 Å². The predicted octanol–water partition coefficient (Wildman–Crippen LogP) is 1.16. The molecule has 0 aliphatic carbocycles. The first-order valence-corrected chi connectivity index (χ1v) is 5.31. The number of amides is 1. The standard InChI is InChI=1S/C11H15N3O2.2ClH/c1-8-9(3-2-4-12-8)14-11(15)10-7-16-6-5-13-10;;/h2-4,10,13H,5-7H2,1H3,(H,14,15);2*1H. The number of carbonyl (C=O) groups excluding carboxylic acids is 1. The topological polar surface area (TPSA) is 63.2 Å². The highest BCUT2D eigenvalue weighted by molar-refractivity contribution is 5.95. The van der Waals surface area contributed by atoms with Crippen LogP contribution < -0.4 is 10.6 Å². The van der Waals surface area contributed by atoms with Gasteiger partial charge in [-0.05, 0) is 19.1 Å². The van der Waals surface area contributed by atoms with Crippen LogP contribution >= 0.6 is 24.8 Å². The fourth-order valence-corrected chi connectivity index (χ4v) is 1.57. The number of nitrogens with one attached hydrogen (secondary N) is 2. The van der Waals surface area contributed by atoms with Crippen molar-refractivity contribution in [2.24, 2.45) is 0 Å². The lowest BCUT2D eigenvalue weighted by Crippen LogP contribution is -2.48. The number of morpholine rings is 1. The van der Waals surface area contributed by atoms with Gasteiger partial charge in [0.25, 0.3) is 0 Å². The lowest BCUT2D eigenvalue weighted by molar-refractivity contribution is -0.120. The molecule has 2 rings (SSSR count). The molecule has 1 atom stereocenters. The Kier molecular flexibility index (Phi) is 7.86. The number of pyridine rings is 1. The summed E-state index contributed by atoms with van der Waals surface area (Å²) in [5.74, 6) is -0.0733. The van der Waals surface area contributed by atoms with Gasteiger partial charge in [0, 0.05) is 12.7 Å². The zero-order chi connectivity index (χ0) is 11.4. The molecular formula is C11H17Cl2N3O2. The molecule has 5 nitrogen and oxygen atoms in total. The number of hydrogen-bond donors (Lipinski definition) is 2. The molecule has 0 saturated carbocycles. The minimum Gasteiger partial charge on any atom is -0.378 e. The molecule has 1 saturated heterocycles. The summed E-state index contributed by atoms with van der Waals surface area (Å²) in [7, 11) is 0. The van der Waals surface area contributed by atoms with Crippen LogP contribution in [-0.2, 0) is 9.53 Å². The lowest BCUT2D eigenvalue weighted by Gasteiger charge is -2.23. The van der Waals surface area contributed by atoms with Crippen molar-refractivity contribution in [2.45, 2.75) is 13.0 Å². The molecule has 1 aliphatic heterocycles. The van der Waals surface area contributed by atoms with E-state index in [1.165, 1.54) is 0 Å². The zero-order valence-corrected chi connectivity index (χ0v) is 11.6. The number of aromatic nitrogens is 1. The molecular weight excluding hydrogens is 277 g/mol. The molecule has 1 aliphatic rings. The van der Waals surface area contributed by atoms with Crippen molar-refractivity contribution >= 4 is 36.4 Å². The Morgan fingerprint density at radius 1 is 1.56 bits per heavy atom. The summed E-state index contributed by atoms with van der Waals surface area (Å²) in [5, 5.41) is 5.94. The molecule has 2 heterocycles. The molecule has 7 heteroatoms.